The van der Waals surface area contributed by atoms with Crippen LogP contribution in [0.3, 0.4) is 0 Å². The normalized spacial score (nSPS) is 10.3. The molecule has 0 saturated heterocycles. The molecule has 0 aliphatic heterocycles. The Balaban J connectivity index is 1.89. The van der Waals surface area contributed by atoms with Crippen LogP contribution in [0.2, 0.25) is 4.47 Å². The van der Waals surface area contributed by atoms with E-state index in [1.165, 1.54) is 11.3 Å². The van der Waals surface area contributed by atoms with Crippen molar-refractivity contribution in [3.8, 4) is 0 Å². The Kier molecular flexibility index (Phi) is 4.98. The Bertz CT molecular complexity index is 580. The first-order valence-electron chi connectivity index (χ1n) is 6.18. The summed E-state index contributed by atoms with van der Waals surface area (Å²) in [6.45, 7) is 0.695. The van der Waals surface area contributed by atoms with Crippen LogP contribution >= 0.6 is 22.9 Å². The van der Waals surface area contributed by atoms with Gasteiger partial charge >= 0.3 is 0 Å². The van der Waals surface area contributed by atoms with Gasteiger partial charge in [0.25, 0.3) is 0 Å². The topological polar surface area (TPSA) is 45.2 Å². The van der Waals surface area contributed by atoms with E-state index in [0.717, 1.165) is 16.1 Å². The Morgan fingerprint density at radius 2 is 2.05 bits per heavy atom. The smallest absolute Gasteiger partial charge is 0.226 e. The Hall–Kier alpha value is -1.59. The standard InChI is InChI=1S/C14H16ClN3OS/c1-18(2)13(19)7-10-3-5-11(6-4-10)16-8-12-9-17-14(15)20-12/h3-6,9,16H,7-8H2,1-2H3. The predicted octanol–water partition coefficient (Wildman–Crippen LogP) is 3.04. The van der Waals surface area contributed by atoms with Crippen LogP contribution in [-0.2, 0) is 17.8 Å². The number of carbonyl (C=O) groups excluding carboxylic acids is 1. The van der Waals surface area contributed by atoms with Gasteiger partial charge in [-0.2, -0.15) is 0 Å². The van der Waals surface area contributed by atoms with Crippen LogP contribution < -0.4 is 5.32 Å². The fourth-order valence-electron chi connectivity index (χ4n) is 1.63. The molecule has 4 nitrogen and oxygen atoms in total. The highest BCUT2D eigenvalue weighted by Crippen LogP contribution is 2.19. The molecule has 6 heteroatoms. The molecular weight excluding hydrogens is 294 g/mol. The third-order valence-corrected chi connectivity index (χ3v) is 3.92. The monoisotopic (exact) mass is 309 g/mol. The molecule has 1 aromatic heterocycles. The maximum absolute atomic E-state index is 11.6. The lowest BCUT2D eigenvalue weighted by atomic mass is 10.1. The van der Waals surface area contributed by atoms with Crippen molar-refractivity contribution in [1.29, 1.82) is 0 Å². The largest absolute Gasteiger partial charge is 0.380 e. The molecule has 0 atom stereocenters. The van der Waals surface area contributed by atoms with Crippen molar-refractivity contribution in [2.75, 3.05) is 19.4 Å². The molecule has 0 radical (unpaired) electrons. The SMILES string of the molecule is CN(C)C(=O)Cc1ccc(NCc2cnc(Cl)s2)cc1. The molecule has 1 aromatic carbocycles. The first-order chi connectivity index (χ1) is 9.54. The number of likely N-dealkylation sites (N-methyl/N-ethyl adjacent to an activating group) is 1. The fourth-order valence-corrected chi connectivity index (χ4v) is 2.55. The van der Waals surface area contributed by atoms with E-state index < -0.39 is 0 Å². The van der Waals surface area contributed by atoms with Gasteiger partial charge in [0.05, 0.1) is 13.0 Å². The molecule has 0 aliphatic carbocycles. The lowest BCUT2D eigenvalue weighted by Gasteiger charge is -2.10. The molecule has 0 bridgehead atoms. The number of carbonyl (C=O) groups is 1. The van der Waals surface area contributed by atoms with E-state index in [9.17, 15) is 4.79 Å². The molecule has 0 saturated carbocycles. The van der Waals surface area contributed by atoms with Gasteiger partial charge in [-0.1, -0.05) is 23.7 Å². The van der Waals surface area contributed by atoms with E-state index in [0.29, 0.717) is 17.4 Å². The average Bonchev–Trinajstić information content (AvgIpc) is 2.83. The molecular formula is C14H16ClN3OS. The number of amides is 1. The van der Waals surface area contributed by atoms with Gasteiger partial charge in [0, 0.05) is 30.9 Å². The van der Waals surface area contributed by atoms with Crippen LogP contribution in [0.5, 0.6) is 0 Å². The zero-order chi connectivity index (χ0) is 14.5. The van der Waals surface area contributed by atoms with Crippen LogP contribution in [0.1, 0.15) is 10.4 Å². The number of thiazole rings is 1. The maximum Gasteiger partial charge on any atom is 0.226 e. The summed E-state index contributed by atoms with van der Waals surface area (Å²) >= 11 is 7.24. The lowest BCUT2D eigenvalue weighted by molar-refractivity contribution is -0.127. The summed E-state index contributed by atoms with van der Waals surface area (Å²) in [5.74, 6) is 0.102. The quantitative estimate of drug-likeness (QED) is 0.923. The van der Waals surface area contributed by atoms with Crippen LogP contribution in [0.15, 0.2) is 30.5 Å². The van der Waals surface area contributed by atoms with E-state index in [4.69, 9.17) is 11.6 Å². The van der Waals surface area contributed by atoms with Gasteiger partial charge in [-0.05, 0) is 17.7 Å². The Morgan fingerprint density at radius 1 is 1.35 bits per heavy atom. The molecule has 0 unspecified atom stereocenters. The number of benzene rings is 1. The van der Waals surface area contributed by atoms with Crippen LogP contribution in [0.25, 0.3) is 0 Å². The summed E-state index contributed by atoms with van der Waals surface area (Å²) in [7, 11) is 3.52. The van der Waals surface area contributed by atoms with Gasteiger partial charge in [0.2, 0.25) is 5.91 Å². The van der Waals surface area contributed by atoms with Crippen molar-refractivity contribution in [2.45, 2.75) is 13.0 Å². The van der Waals surface area contributed by atoms with Gasteiger partial charge in [0.1, 0.15) is 0 Å². The van der Waals surface area contributed by atoms with Crippen molar-refractivity contribution in [3.63, 3.8) is 0 Å². The Labute approximate surface area is 127 Å². The first kappa shape index (κ1) is 14.8. The third kappa shape index (κ3) is 4.21. The van der Waals surface area contributed by atoms with Crippen LogP contribution in [-0.4, -0.2) is 29.9 Å². The number of hydrogen-bond acceptors (Lipinski definition) is 4. The van der Waals surface area contributed by atoms with Gasteiger partial charge < -0.3 is 10.2 Å². The number of aromatic nitrogens is 1. The predicted molar refractivity (Wildman–Crippen MR) is 83.3 cm³/mol. The summed E-state index contributed by atoms with van der Waals surface area (Å²) < 4.78 is 0.555. The number of halogens is 1. The van der Waals surface area contributed by atoms with Crippen molar-refractivity contribution in [2.24, 2.45) is 0 Å². The first-order valence-corrected chi connectivity index (χ1v) is 7.37. The summed E-state index contributed by atoms with van der Waals surface area (Å²) in [6, 6.07) is 7.87. The molecule has 106 valence electrons. The highest BCUT2D eigenvalue weighted by atomic mass is 35.5. The van der Waals surface area contributed by atoms with Gasteiger partial charge in [-0.3, -0.25) is 4.79 Å². The van der Waals surface area contributed by atoms with E-state index in [-0.39, 0.29) is 5.91 Å². The maximum atomic E-state index is 11.6. The molecule has 1 amide bonds. The molecule has 1 N–H and O–H groups in total. The van der Waals surface area contributed by atoms with Crippen molar-refractivity contribution in [3.05, 3.63) is 45.4 Å². The highest BCUT2D eigenvalue weighted by Gasteiger charge is 2.05. The number of hydrogen-bond donors (Lipinski definition) is 1. The van der Waals surface area contributed by atoms with Gasteiger partial charge in [-0.25, -0.2) is 4.98 Å². The summed E-state index contributed by atoms with van der Waals surface area (Å²) in [5.41, 5.74) is 2.02. The molecule has 2 rings (SSSR count). The molecule has 2 aromatic rings. The molecule has 1 heterocycles. The summed E-state index contributed by atoms with van der Waals surface area (Å²) in [4.78, 5) is 18.3. The van der Waals surface area contributed by atoms with E-state index >= 15 is 0 Å². The zero-order valence-electron chi connectivity index (χ0n) is 11.4. The Morgan fingerprint density at radius 3 is 2.60 bits per heavy atom. The minimum absolute atomic E-state index is 0.102. The van der Waals surface area contributed by atoms with Crippen LogP contribution in [0.4, 0.5) is 5.69 Å². The van der Waals surface area contributed by atoms with Gasteiger partial charge in [-0.15, -0.1) is 11.3 Å². The fraction of sp³-hybridized carbons (Fsp3) is 0.286. The third-order valence-electron chi connectivity index (χ3n) is 2.80. The molecule has 20 heavy (non-hydrogen) atoms. The van der Waals surface area contributed by atoms with Gasteiger partial charge in [0.15, 0.2) is 4.47 Å². The number of nitrogens with zero attached hydrogens (tertiary/aromatic N) is 2. The van der Waals surface area contributed by atoms with Crippen molar-refractivity contribution in [1.82, 2.24) is 9.88 Å². The minimum atomic E-state index is 0.102. The number of anilines is 1. The second kappa shape index (κ2) is 6.72. The van der Waals surface area contributed by atoms with Crippen molar-refractivity contribution >= 4 is 34.5 Å². The number of rotatable bonds is 5. The molecule has 0 spiro atoms. The number of nitrogens with one attached hydrogen (secondary N) is 1. The molecule has 0 fully saturated rings. The zero-order valence-corrected chi connectivity index (χ0v) is 13.0. The summed E-state index contributed by atoms with van der Waals surface area (Å²) in [5, 5.41) is 3.29. The van der Waals surface area contributed by atoms with E-state index in [2.05, 4.69) is 10.3 Å². The van der Waals surface area contributed by atoms with E-state index in [1.807, 2.05) is 24.3 Å². The average molecular weight is 310 g/mol. The second-order valence-corrected chi connectivity index (χ2v) is 6.29. The minimum Gasteiger partial charge on any atom is -0.380 e. The lowest BCUT2D eigenvalue weighted by Crippen LogP contribution is -2.23. The van der Waals surface area contributed by atoms with E-state index in [1.54, 1.807) is 25.2 Å². The summed E-state index contributed by atoms with van der Waals surface area (Å²) in [6.07, 6.45) is 2.20. The second-order valence-electron chi connectivity index (χ2n) is 4.59. The van der Waals surface area contributed by atoms with Crippen LogP contribution in [0, 0.1) is 0 Å². The molecule has 0 aliphatic rings. The van der Waals surface area contributed by atoms with Crippen molar-refractivity contribution < 1.29 is 4.79 Å². The highest BCUT2D eigenvalue weighted by molar-refractivity contribution is 7.15.